The number of rotatable bonds is 4. The normalized spacial score (nSPS) is 33.6. The molecule has 2 fully saturated rings. The summed E-state index contributed by atoms with van der Waals surface area (Å²) in [6, 6.07) is 11.1. The molecule has 5 rings (SSSR count). The Bertz CT molecular complexity index is 1480. The molecule has 5 N–H and O–H groups in total. The number of fused-ring (bicyclic) bond motifs is 3. The molecule has 0 aliphatic heterocycles. The summed E-state index contributed by atoms with van der Waals surface area (Å²) >= 11 is 0. The highest BCUT2D eigenvalue weighted by Gasteiger charge is 2.72. The van der Waals surface area contributed by atoms with E-state index in [2.05, 4.69) is 0 Å². The number of nitrogens with zero attached hydrogens (tertiary/aromatic N) is 1. The van der Waals surface area contributed by atoms with Crippen molar-refractivity contribution in [3.05, 3.63) is 64.7 Å². The molecule has 10 heteroatoms. The van der Waals surface area contributed by atoms with Gasteiger partial charge in [-0.2, -0.15) is 0 Å². The van der Waals surface area contributed by atoms with Gasteiger partial charge in [0.05, 0.1) is 29.5 Å². The van der Waals surface area contributed by atoms with E-state index in [1.807, 2.05) is 30.3 Å². The third-order valence-electron chi connectivity index (χ3n) is 8.78. The number of aromatic hydroxyl groups is 1. The first-order valence-corrected chi connectivity index (χ1v) is 13.0. The summed E-state index contributed by atoms with van der Waals surface area (Å²) in [6.45, 7) is 1.67. The number of likely N-dealkylation sites (N-methyl/N-ethyl adjacent to an activating group) is 1. The maximum absolute atomic E-state index is 14.0. The van der Waals surface area contributed by atoms with Gasteiger partial charge in [0.1, 0.15) is 5.75 Å². The summed E-state index contributed by atoms with van der Waals surface area (Å²) in [5.41, 5.74) is 3.73. The zero-order chi connectivity index (χ0) is 29.3. The molecule has 2 aromatic carbocycles. The summed E-state index contributed by atoms with van der Waals surface area (Å²) in [5.74, 6) is -13.4. The van der Waals surface area contributed by atoms with Crippen molar-refractivity contribution in [3.63, 3.8) is 0 Å². The topological polar surface area (TPSA) is 175 Å². The van der Waals surface area contributed by atoms with Gasteiger partial charge >= 0.3 is 0 Å². The van der Waals surface area contributed by atoms with Crippen LogP contribution in [0, 0.1) is 23.7 Å². The van der Waals surface area contributed by atoms with Gasteiger partial charge in [0.15, 0.2) is 34.7 Å². The van der Waals surface area contributed by atoms with Gasteiger partial charge in [0.2, 0.25) is 5.91 Å². The van der Waals surface area contributed by atoms with Crippen molar-refractivity contribution in [3.8, 4) is 5.75 Å². The lowest BCUT2D eigenvalue weighted by Crippen LogP contribution is -2.77. The van der Waals surface area contributed by atoms with Crippen LogP contribution in [0.5, 0.6) is 5.75 Å². The monoisotopic (exact) mass is 546 g/mol. The number of amides is 1. The van der Waals surface area contributed by atoms with Gasteiger partial charge in [0.25, 0.3) is 0 Å². The molecule has 40 heavy (non-hydrogen) atoms. The van der Waals surface area contributed by atoms with E-state index in [4.69, 9.17) is 5.73 Å². The summed E-state index contributed by atoms with van der Waals surface area (Å²) < 4.78 is 0. The lowest BCUT2D eigenvalue weighted by atomic mass is 9.49. The third kappa shape index (κ3) is 3.71. The van der Waals surface area contributed by atoms with Gasteiger partial charge in [0, 0.05) is 11.5 Å². The molecular formula is C30H30N2O8. The Labute approximate surface area is 230 Å². The molecule has 2 unspecified atom stereocenters. The number of hydrogen-bond acceptors (Lipinski definition) is 9. The van der Waals surface area contributed by atoms with Crippen molar-refractivity contribution in [2.24, 2.45) is 29.4 Å². The number of aliphatic hydroxyl groups excluding tert-OH is 1. The summed E-state index contributed by atoms with van der Waals surface area (Å²) in [5, 5.41) is 34.5. The van der Waals surface area contributed by atoms with Crippen molar-refractivity contribution < 1.29 is 39.3 Å². The first kappa shape index (κ1) is 27.6. The fraction of sp³-hybridized carbons (Fsp3) is 0.367. The number of primary amides is 1. The second-order valence-corrected chi connectivity index (χ2v) is 11.1. The van der Waals surface area contributed by atoms with Crippen LogP contribution in [0.1, 0.15) is 39.9 Å². The molecule has 0 heterocycles. The highest BCUT2D eigenvalue weighted by molar-refractivity contribution is 6.32. The maximum atomic E-state index is 14.0. The molecule has 2 saturated carbocycles. The zero-order valence-electron chi connectivity index (χ0n) is 22.1. The Morgan fingerprint density at radius 3 is 2.25 bits per heavy atom. The van der Waals surface area contributed by atoms with Crippen molar-refractivity contribution in [2.75, 3.05) is 14.1 Å². The fourth-order valence-corrected chi connectivity index (χ4v) is 6.89. The molecule has 3 aliphatic carbocycles. The van der Waals surface area contributed by atoms with Crippen molar-refractivity contribution in [1.29, 1.82) is 0 Å². The lowest BCUT2D eigenvalue weighted by molar-refractivity contribution is -0.196. The number of benzene rings is 2. The number of Topliss-reactive ketones (excluding diaryl/α,β-unsaturated/α-hetero) is 4. The van der Waals surface area contributed by atoms with Gasteiger partial charge in [-0.05, 0) is 31.1 Å². The van der Waals surface area contributed by atoms with Crippen LogP contribution in [0.3, 0.4) is 0 Å². The molecule has 8 atom stereocenters. The van der Waals surface area contributed by atoms with E-state index in [9.17, 15) is 39.3 Å². The molecule has 0 saturated heterocycles. The highest BCUT2D eigenvalue weighted by atomic mass is 16.3. The van der Waals surface area contributed by atoms with Crippen LogP contribution in [0.25, 0.3) is 12.2 Å². The Balaban J connectivity index is 1.64. The van der Waals surface area contributed by atoms with Gasteiger partial charge < -0.3 is 21.1 Å². The molecule has 0 aromatic heterocycles. The molecule has 0 radical (unpaired) electrons. The first-order chi connectivity index (χ1) is 18.8. The van der Waals surface area contributed by atoms with E-state index in [1.165, 1.54) is 19.0 Å². The average molecular weight is 547 g/mol. The molecule has 3 aliphatic rings. The molecular weight excluding hydrogens is 516 g/mol. The summed E-state index contributed by atoms with van der Waals surface area (Å²) in [6.07, 6.45) is 1.70. The van der Waals surface area contributed by atoms with Gasteiger partial charge in [-0.3, -0.25) is 28.9 Å². The number of ketones is 4. The minimum Gasteiger partial charge on any atom is -0.507 e. The van der Waals surface area contributed by atoms with Crippen LogP contribution in [-0.4, -0.2) is 81.1 Å². The number of carbonyl (C=O) groups excluding carboxylic acids is 5. The Kier molecular flexibility index (Phi) is 6.60. The van der Waals surface area contributed by atoms with Crippen molar-refractivity contribution >= 4 is 41.2 Å². The molecule has 0 spiro atoms. The second-order valence-electron chi connectivity index (χ2n) is 11.1. The highest BCUT2D eigenvalue weighted by Crippen LogP contribution is 2.54. The van der Waals surface area contributed by atoms with Gasteiger partial charge in [-0.1, -0.05) is 61.5 Å². The second kappa shape index (κ2) is 9.58. The van der Waals surface area contributed by atoms with E-state index >= 15 is 0 Å². The van der Waals surface area contributed by atoms with Crippen LogP contribution in [0.4, 0.5) is 0 Å². The molecule has 208 valence electrons. The van der Waals surface area contributed by atoms with E-state index in [-0.39, 0.29) is 11.3 Å². The van der Waals surface area contributed by atoms with Crippen LogP contribution in [-0.2, 0) is 19.2 Å². The zero-order valence-corrected chi connectivity index (χ0v) is 22.1. The van der Waals surface area contributed by atoms with Crippen LogP contribution >= 0.6 is 0 Å². The summed E-state index contributed by atoms with van der Waals surface area (Å²) in [7, 11) is 2.90. The van der Waals surface area contributed by atoms with E-state index in [0.717, 1.165) is 5.56 Å². The number of phenols is 1. The third-order valence-corrected chi connectivity index (χ3v) is 8.78. The number of nitrogens with two attached hydrogens (primary N) is 1. The molecule has 10 nitrogen and oxygen atoms in total. The van der Waals surface area contributed by atoms with Crippen molar-refractivity contribution in [2.45, 2.75) is 30.6 Å². The standard InChI is InChI=1S/C30H30N2O8/c1-13-16-12-11-15(10-9-14-7-5-4-6-8-14)23(33)18(16)24(34)19-17(13)25(35)21-22(32(2)3)26(36)20(29(31)39)28(38)30(21,40)27(19)37/h4-13,17,19-22,25,33,35,40H,1-3H3,(H2,31,39)/b10-9+/t13-,17+,19?,20?,21+,22-,25-,30-/m0/s1. The van der Waals surface area contributed by atoms with Crippen LogP contribution in [0.2, 0.25) is 0 Å². The Morgan fingerprint density at radius 1 is 1.00 bits per heavy atom. The van der Waals surface area contributed by atoms with E-state index in [0.29, 0.717) is 11.1 Å². The van der Waals surface area contributed by atoms with Crippen LogP contribution < -0.4 is 5.73 Å². The fourth-order valence-electron chi connectivity index (χ4n) is 6.89. The quantitative estimate of drug-likeness (QED) is 0.316. The largest absolute Gasteiger partial charge is 0.507 e. The number of hydrogen-bond donors (Lipinski definition) is 4. The Hall–Kier alpha value is -3.99. The summed E-state index contributed by atoms with van der Waals surface area (Å²) in [4.78, 5) is 68.0. The lowest BCUT2D eigenvalue weighted by Gasteiger charge is -2.56. The predicted molar refractivity (Wildman–Crippen MR) is 143 cm³/mol. The number of carbonyl (C=O) groups is 5. The van der Waals surface area contributed by atoms with Gasteiger partial charge in [-0.25, -0.2) is 0 Å². The molecule has 0 bridgehead atoms. The minimum atomic E-state index is -3.02. The van der Waals surface area contributed by atoms with Crippen LogP contribution in [0.15, 0.2) is 42.5 Å². The smallest absolute Gasteiger partial charge is 0.235 e. The Morgan fingerprint density at radius 2 is 1.65 bits per heavy atom. The number of phenolic OH excluding ortho intramolecular Hbond substituents is 1. The molecule has 2 aromatic rings. The molecule has 1 amide bonds. The van der Waals surface area contributed by atoms with Crippen molar-refractivity contribution in [1.82, 2.24) is 4.90 Å². The van der Waals surface area contributed by atoms with Gasteiger partial charge in [-0.15, -0.1) is 0 Å². The van der Waals surface area contributed by atoms with E-state index < -0.39 is 76.4 Å². The predicted octanol–water partition coefficient (Wildman–Crippen LogP) is 0.569. The first-order valence-electron chi connectivity index (χ1n) is 13.0. The van der Waals surface area contributed by atoms with E-state index in [1.54, 1.807) is 31.2 Å². The maximum Gasteiger partial charge on any atom is 0.235 e. The number of aliphatic hydroxyl groups is 2. The average Bonchev–Trinajstić information content (AvgIpc) is 2.90. The minimum absolute atomic E-state index is 0.137. The SMILES string of the molecule is C[C@H]1c2ccc(/C=C/c3ccccc3)c(O)c2C(=O)C2C(=O)[C@]3(O)C(=O)C(C(N)=O)C(=O)[C@@H](N(C)C)[C@@H]3[C@@H](O)[C@@H]21.